The molecule has 2 nitrogen and oxygen atoms in total. The fraction of sp³-hybridized carbons (Fsp3) is 0.364. The Kier molecular flexibility index (Phi) is 2.77. The van der Waals surface area contributed by atoms with Crippen LogP contribution in [0.3, 0.4) is 0 Å². The summed E-state index contributed by atoms with van der Waals surface area (Å²) < 4.78 is 0. The van der Waals surface area contributed by atoms with E-state index in [1.165, 1.54) is 5.56 Å². The van der Waals surface area contributed by atoms with E-state index in [1.54, 1.807) is 11.8 Å². The van der Waals surface area contributed by atoms with Gasteiger partial charge in [-0.3, -0.25) is 4.79 Å². The van der Waals surface area contributed by atoms with Crippen LogP contribution in [0.2, 0.25) is 0 Å². The van der Waals surface area contributed by atoms with Crippen LogP contribution in [-0.2, 0) is 4.79 Å². The SMILES string of the molecule is Cc1ccc(C2SCCNC2=O)cc1. The highest BCUT2D eigenvalue weighted by atomic mass is 32.2. The minimum atomic E-state index is -0.00986. The number of thioether (sulfide) groups is 1. The number of hydrogen-bond acceptors (Lipinski definition) is 2. The summed E-state index contributed by atoms with van der Waals surface area (Å²) in [7, 11) is 0. The highest BCUT2D eigenvalue weighted by molar-refractivity contribution is 8.00. The fourth-order valence-corrected chi connectivity index (χ4v) is 2.55. The van der Waals surface area contributed by atoms with E-state index in [1.807, 2.05) is 12.1 Å². The molecule has 1 aliphatic heterocycles. The Morgan fingerprint density at radius 1 is 1.36 bits per heavy atom. The maximum absolute atomic E-state index is 11.5. The highest BCUT2D eigenvalue weighted by Gasteiger charge is 2.23. The third-order valence-electron chi connectivity index (χ3n) is 2.30. The topological polar surface area (TPSA) is 29.1 Å². The summed E-state index contributed by atoms with van der Waals surface area (Å²) in [6.07, 6.45) is 0. The molecule has 1 fully saturated rings. The molecule has 1 aliphatic rings. The summed E-state index contributed by atoms with van der Waals surface area (Å²) in [4.78, 5) is 11.5. The Labute approximate surface area is 88.1 Å². The highest BCUT2D eigenvalue weighted by Crippen LogP contribution is 2.30. The van der Waals surface area contributed by atoms with Crippen molar-refractivity contribution in [1.29, 1.82) is 0 Å². The lowest BCUT2D eigenvalue weighted by molar-refractivity contribution is -0.120. The molecule has 0 aromatic heterocycles. The van der Waals surface area contributed by atoms with Gasteiger partial charge in [-0.15, -0.1) is 11.8 Å². The first-order valence-corrected chi connectivity index (χ1v) is 5.78. The van der Waals surface area contributed by atoms with Crippen molar-refractivity contribution < 1.29 is 4.79 Å². The molecule has 1 aromatic rings. The summed E-state index contributed by atoms with van der Waals surface area (Å²) in [5, 5.41) is 2.88. The van der Waals surface area contributed by atoms with Gasteiger partial charge in [0.25, 0.3) is 0 Å². The molecule has 0 radical (unpaired) electrons. The number of carbonyl (C=O) groups excluding carboxylic acids is 1. The van der Waals surface area contributed by atoms with E-state index in [2.05, 4.69) is 24.4 Å². The molecule has 74 valence electrons. The summed E-state index contributed by atoms with van der Waals surface area (Å²) in [5.74, 6) is 1.15. The molecule has 1 atom stereocenters. The Balaban J connectivity index is 2.20. The zero-order chi connectivity index (χ0) is 9.97. The van der Waals surface area contributed by atoms with Gasteiger partial charge in [0.2, 0.25) is 5.91 Å². The number of carbonyl (C=O) groups is 1. The second kappa shape index (κ2) is 4.05. The van der Waals surface area contributed by atoms with E-state index in [-0.39, 0.29) is 11.2 Å². The summed E-state index contributed by atoms with van der Waals surface area (Å²) in [6, 6.07) is 8.19. The molecule has 1 heterocycles. The number of hydrogen-bond donors (Lipinski definition) is 1. The molecule has 3 heteroatoms. The first-order valence-electron chi connectivity index (χ1n) is 4.73. The lowest BCUT2D eigenvalue weighted by Crippen LogP contribution is -2.34. The minimum Gasteiger partial charge on any atom is -0.354 e. The molecule has 1 unspecified atom stereocenters. The maximum Gasteiger partial charge on any atom is 0.237 e. The van der Waals surface area contributed by atoms with Crippen molar-refractivity contribution in [2.24, 2.45) is 0 Å². The maximum atomic E-state index is 11.5. The lowest BCUT2D eigenvalue weighted by Gasteiger charge is -2.21. The van der Waals surface area contributed by atoms with Crippen molar-refractivity contribution >= 4 is 17.7 Å². The predicted molar refractivity (Wildman–Crippen MR) is 59.4 cm³/mol. The molecule has 1 saturated heterocycles. The molecular weight excluding hydrogens is 194 g/mol. The number of nitrogens with one attached hydrogen (secondary N) is 1. The van der Waals surface area contributed by atoms with Gasteiger partial charge in [0.15, 0.2) is 0 Å². The van der Waals surface area contributed by atoms with Gasteiger partial charge in [-0.1, -0.05) is 29.8 Å². The summed E-state index contributed by atoms with van der Waals surface area (Å²) >= 11 is 1.72. The predicted octanol–water partition coefficient (Wildman–Crippen LogP) is 1.90. The second-order valence-corrected chi connectivity index (χ2v) is 4.67. The molecule has 1 N–H and O–H groups in total. The van der Waals surface area contributed by atoms with Crippen LogP contribution in [0, 0.1) is 6.92 Å². The van der Waals surface area contributed by atoms with Crippen LogP contribution in [-0.4, -0.2) is 18.2 Å². The Hall–Kier alpha value is -0.960. The van der Waals surface area contributed by atoms with Gasteiger partial charge in [-0.25, -0.2) is 0 Å². The van der Waals surface area contributed by atoms with Gasteiger partial charge in [0.1, 0.15) is 5.25 Å². The van der Waals surface area contributed by atoms with Crippen molar-refractivity contribution in [2.75, 3.05) is 12.3 Å². The van der Waals surface area contributed by atoms with Crippen LogP contribution in [0.5, 0.6) is 0 Å². The van der Waals surface area contributed by atoms with Crippen molar-refractivity contribution in [3.63, 3.8) is 0 Å². The first-order chi connectivity index (χ1) is 6.77. The third-order valence-corrected chi connectivity index (χ3v) is 3.56. The lowest BCUT2D eigenvalue weighted by atomic mass is 10.1. The van der Waals surface area contributed by atoms with E-state index in [0.717, 1.165) is 17.9 Å². The van der Waals surface area contributed by atoms with Crippen LogP contribution in [0.15, 0.2) is 24.3 Å². The molecule has 0 spiro atoms. The van der Waals surface area contributed by atoms with E-state index in [0.29, 0.717) is 0 Å². The van der Waals surface area contributed by atoms with E-state index in [4.69, 9.17) is 0 Å². The molecule has 0 aliphatic carbocycles. The number of amides is 1. The van der Waals surface area contributed by atoms with Gasteiger partial charge >= 0.3 is 0 Å². The standard InChI is InChI=1S/C11H13NOS/c1-8-2-4-9(5-3-8)10-11(13)12-6-7-14-10/h2-5,10H,6-7H2,1H3,(H,12,13). The molecule has 14 heavy (non-hydrogen) atoms. The van der Waals surface area contributed by atoms with Crippen molar-refractivity contribution in [2.45, 2.75) is 12.2 Å². The Morgan fingerprint density at radius 2 is 2.07 bits per heavy atom. The van der Waals surface area contributed by atoms with Crippen LogP contribution >= 0.6 is 11.8 Å². The van der Waals surface area contributed by atoms with Crippen LogP contribution < -0.4 is 5.32 Å². The van der Waals surface area contributed by atoms with Gasteiger partial charge in [-0.05, 0) is 12.5 Å². The van der Waals surface area contributed by atoms with Crippen LogP contribution in [0.4, 0.5) is 0 Å². The second-order valence-electron chi connectivity index (χ2n) is 3.45. The molecule has 0 bridgehead atoms. The fourth-order valence-electron chi connectivity index (χ4n) is 1.51. The first kappa shape index (κ1) is 9.59. The average Bonchev–Trinajstić information content (AvgIpc) is 2.20. The third kappa shape index (κ3) is 1.93. The molecule has 1 amide bonds. The Morgan fingerprint density at radius 3 is 2.71 bits per heavy atom. The smallest absolute Gasteiger partial charge is 0.237 e. The van der Waals surface area contributed by atoms with E-state index < -0.39 is 0 Å². The molecular formula is C11H13NOS. The summed E-state index contributed by atoms with van der Waals surface area (Å²) in [5.41, 5.74) is 2.34. The molecule has 0 saturated carbocycles. The minimum absolute atomic E-state index is 0.00986. The number of benzene rings is 1. The average molecular weight is 207 g/mol. The zero-order valence-electron chi connectivity index (χ0n) is 8.12. The molecule has 2 rings (SSSR count). The normalized spacial score (nSPS) is 21.8. The quantitative estimate of drug-likeness (QED) is 0.762. The van der Waals surface area contributed by atoms with Crippen LogP contribution in [0.25, 0.3) is 0 Å². The van der Waals surface area contributed by atoms with Gasteiger partial charge in [0.05, 0.1) is 0 Å². The van der Waals surface area contributed by atoms with Gasteiger partial charge < -0.3 is 5.32 Å². The van der Waals surface area contributed by atoms with Crippen molar-refractivity contribution in [1.82, 2.24) is 5.32 Å². The number of rotatable bonds is 1. The Bertz CT molecular complexity index is 334. The van der Waals surface area contributed by atoms with Crippen molar-refractivity contribution in [3.8, 4) is 0 Å². The van der Waals surface area contributed by atoms with Crippen LogP contribution in [0.1, 0.15) is 16.4 Å². The van der Waals surface area contributed by atoms with E-state index in [9.17, 15) is 4.79 Å². The number of aryl methyl sites for hydroxylation is 1. The van der Waals surface area contributed by atoms with Gasteiger partial charge in [-0.2, -0.15) is 0 Å². The van der Waals surface area contributed by atoms with Crippen molar-refractivity contribution in [3.05, 3.63) is 35.4 Å². The monoisotopic (exact) mass is 207 g/mol. The molecule has 1 aromatic carbocycles. The largest absolute Gasteiger partial charge is 0.354 e. The van der Waals surface area contributed by atoms with E-state index >= 15 is 0 Å². The zero-order valence-corrected chi connectivity index (χ0v) is 8.93. The van der Waals surface area contributed by atoms with Gasteiger partial charge in [0, 0.05) is 12.3 Å². The summed E-state index contributed by atoms with van der Waals surface area (Å²) in [6.45, 7) is 2.85.